The number of rotatable bonds is 2. The van der Waals surface area contributed by atoms with Gasteiger partial charge in [0, 0.05) is 18.9 Å². The van der Waals surface area contributed by atoms with Crippen molar-refractivity contribution in [2.75, 3.05) is 11.9 Å². The van der Waals surface area contributed by atoms with Crippen LogP contribution in [0.4, 0.5) is 5.69 Å². The van der Waals surface area contributed by atoms with Gasteiger partial charge in [-0.25, -0.2) is 0 Å². The number of fused-ring (bicyclic) bond motifs is 1. The van der Waals surface area contributed by atoms with E-state index < -0.39 is 11.5 Å². The maximum atomic E-state index is 12.5. The third kappa shape index (κ3) is 2.20. The zero-order chi connectivity index (χ0) is 15.7. The van der Waals surface area contributed by atoms with E-state index in [4.69, 9.17) is 0 Å². The molecule has 0 bridgehead atoms. The van der Waals surface area contributed by atoms with Crippen LogP contribution in [0.25, 0.3) is 10.9 Å². The maximum absolute atomic E-state index is 12.5. The standard InChI is InChI=1S/C16H13N3O3/c1-19(10-6-3-2-4-7-10)16(22)13-14(20)11-8-5-9-17-12(11)15(21)18-13/h2-9,20H,1H3,(H,18,21). The fraction of sp³-hybridized carbons (Fsp3) is 0.0625. The quantitative estimate of drug-likeness (QED) is 0.756. The lowest BCUT2D eigenvalue weighted by Crippen LogP contribution is -2.29. The Balaban J connectivity index is 2.12. The molecule has 2 heterocycles. The number of nitrogens with zero attached hydrogens (tertiary/aromatic N) is 2. The Kier molecular flexibility index (Phi) is 3.34. The van der Waals surface area contributed by atoms with Crippen molar-refractivity contribution in [2.24, 2.45) is 0 Å². The second-order valence-corrected chi connectivity index (χ2v) is 4.78. The third-order valence-corrected chi connectivity index (χ3v) is 3.42. The molecule has 1 aromatic carbocycles. The van der Waals surface area contributed by atoms with Gasteiger partial charge in [-0.2, -0.15) is 0 Å². The number of aromatic nitrogens is 2. The van der Waals surface area contributed by atoms with Crippen LogP contribution in [0, 0.1) is 0 Å². The molecule has 0 saturated heterocycles. The number of hydrogen-bond acceptors (Lipinski definition) is 4. The first kappa shape index (κ1) is 13.8. The Morgan fingerprint density at radius 2 is 1.91 bits per heavy atom. The summed E-state index contributed by atoms with van der Waals surface area (Å²) >= 11 is 0. The molecule has 6 heteroatoms. The van der Waals surface area contributed by atoms with Crippen molar-refractivity contribution in [1.82, 2.24) is 9.97 Å². The number of aromatic amines is 1. The average Bonchev–Trinajstić information content (AvgIpc) is 2.57. The fourth-order valence-corrected chi connectivity index (χ4v) is 2.24. The number of benzene rings is 1. The van der Waals surface area contributed by atoms with Gasteiger partial charge in [0.05, 0.1) is 5.39 Å². The maximum Gasteiger partial charge on any atom is 0.278 e. The first-order valence-electron chi connectivity index (χ1n) is 6.62. The molecule has 0 atom stereocenters. The normalized spacial score (nSPS) is 10.6. The molecule has 0 radical (unpaired) electrons. The number of anilines is 1. The lowest BCUT2D eigenvalue weighted by molar-refractivity contribution is 0.0985. The van der Waals surface area contributed by atoms with Gasteiger partial charge in [-0.05, 0) is 24.3 Å². The van der Waals surface area contributed by atoms with Crippen molar-refractivity contribution in [2.45, 2.75) is 0 Å². The van der Waals surface area contributed by atoms with E-state index in [0.29, 0.717) is 5.69 Å². The monoisotopic (exact) mass is 295 g/mol. The second-order valence-electron chi connectivity index (χ2n) is 4.78. The second kappa shape index (κ2) is 5.33. The van der Waals surface area contributed by atoms with Crippen molar-refractivity contribution >= 4 is 22.5 Å². The minimum atomic E-state index is -0.516. The van der Waals surface area contributed by atoms with E-state index in [1.54, 1.807) is 43.4 Å². The average molecular weight is 295 g/mol. The van der Waals surface area contributed by atoms with Crippen molar-refractivity contribution in [3.05, 3.63) is 64.7 Å². The first-order chi connectivity index (χ1) is 10.6. The molecule has 2 aromatic heterocycles. The Labute approximate surface area is 125 Å². The van der Waals surface area contributed by atoms with E-state index >= 15 is 0 Å². The lowest BCUT2D eigenvalue weighted by Gasteiger charge is -2.18. The first-order valence-corrected chi connectivity index (χ1v) is 6.62. The predicted octanol–water partition coefficient (Wildman–Crippen LogP) is 1.91. The topological polar surface area (TPSA) is 86.3 Å². The fourth-order valence-electron chi connectivity index (χ4n) is 2.24. The number of carbonyl (C=O) groups is 1. The molecular formula is C16H13N3O3. The Morgan fingerprint density at radius 3 is 2.64 bits per heavy atom. The molecule has 3 aromatic rings. The van der Waals surface area contributed by atoms with Crippen LogP contribution in [-0.2, 0) is 0 Å². The van der Waals surface area contributed by atoms with Gasteiger partial charge < -0.3 is 15.0 Å². The van der Waals surface area contributed by atoms with Crippen LogP contribution < -0.4 is 10.5 Å². The molecule has 2 N–H and O–H groups in total. The summed E-state index contributed by atoms with van der Waals surface area (Å²) in [5.41, 5.74) is 0.0769. The summed E-state index contributed by atoms with van der Waals surface area (Å²) in [6, 6.07) is 12.1. The molecule has 22 heavy (non-hydrogen) atoms. The SMILES string of the molecule is CN(C(=O)c1[nH]c(=O)c2ncccc2c1O)c1ccccc1. The van der Waals surface area contributed by atoms with E-state index in [9.17, 15) is 14.7 Å². The molecule has 1 amide bonds. The van der Waals surface area contributed by atoms with Crippen molar-refractivity contribution in [1.29, 1.82) is 0 Å². The number of amides is 1. The number of nitrogens with one attached hydrogen (secondary N) is 1. The van der Waals surface area contributed by atoms with Crippen molar-refractivity contribution in [3.8, 4) is 5.75 Å². The molecule has 0 aliphatic rings. The molecule has 0 aliphatic carbocycles. The highest BCUT2D eigenvalue weighted by Gasteiger charge is 2.21. The number of para-hydroxylation sites is 1. The Bertz CT molecular complexity index is 903. The minimum absolute atomic E-state index is 0.0962. The third-order valence-electron chi connectivity index (χ3n) is 3.42. The number of aromatic hydroxyl groups is 1. The molecule has 3 rings (SSSR count). The van der Waals surface area contributed by atoms with Gasteiger partial charge in [-0.1, -0.05) is 18.2 Å². The van der Waals surface area contributed by atoms with Gasteiger partial charge in [-0.3, -0.25) is 14.6 Å². The lowest BCUT2D eigenvalue weighted by atomic mass is 10.2. The van der Waals surface area contributed by atoms with Crippen LogP contribution in [0.5, 0.6) is 5.75 Å². The van der Waals surface area contributed by atoms with Crippen LogP contribution >= 0.6 is 0 Å². The molecular weight excluding hydrogens is 282 g/mol. The molecule has 0 unspecified atom stereocenters. The van der Waals surface area contributed by atoms with Crippen LogP contribution in [0.3, 0.4) is 0 Å². The van der Waals surface area contributed by atoms with Crippen molar-refractivity contribution < 1.29 is 9.90 Å². The van der Waals surface area contributed by atoms with Crippen LogP contribution in [0.15, 0.2) is 53.5 Å². The van der Waals surface area contributed by atoms with Gasteiger partial charge >= 0.3 is 0 Å². The summed E-state index contributed by atoms with van der Waals surface area (Å²) in [5.74, 6) is -0.790. The summed E-state index contributed by atoms with van der Waals surface area (Å²) in [6.45, 7) is 0. The zero-order valence-electron chi connectivity index (χ0n) is 11.8. The summed E-state index contributed by atoms with van der Waals surface area (Å²) in [5, 5.41) is 10.5. The summed E-state index contributed by atoms with van der Waals surface area (Å²) in [4.78, 5) is 32.2. The molecule has 0 saturated carbocycles. The smallest absolute Gasteiger partial charge is 0.278 e. The number of hydrogen-bond donors (Lipinski definition) is 2. The number of pyridine rings is 2. The highest BCUT2D eigenvalue weighted by atomic mass is 16.3. The largest absolute Gasteiger partial charge is 0.505 e. The molecule has 6 nitrogen and oxygen atoms in total. The Hall–Kier alpha value is -3.15. The highest BCUT2D eigenvalue weighted by Crippen LogP contribution is 2.25. The summed E-state index contributed by atoms with van der Waals surface area (Å²) in [7, 11) is 1.57. The number of H-pyrrole nitrogens is 1. The summed E-state index contributed by atoms with van der Waals surface area (Å²) < 4.78 is 0. The predicted molar refractivity (Wildman–Crippen MR) is 83.2 cm³/mol. The van der Waals surface area contributed by atoms with E-state index in [1.807, 2.05) is 6.07 Å². The van der Waals surface area contributed by atoms with Crippen LogP contribution in [0.2, 0.25) is 0 Å². The molecule has 110 valence electrons. The van der Waals surface area contributed by atoms with E-state index in [1.165, 1.54) is 11.1 Å². The van der Waals surface area contributed by atoms with Crippen LogP contribution in [0.1, 0.15) is 10.5 Å². The molecule has 0 spiro atoms. The molecule has 0 fully saturated rings. The minimum Gasteiger partial charge on any atom is -0.505 e. The van der Waals surface area contributed by atoms with Gasteiger partial charge in [0.25, 0.3) is 11.5 Å². The molecule has 0 aliphatic heterocycles. The van der Waals surface area contributed by atoms with Gasteiger partial charge in [0.1, 0.15) is 5.52 Å². The van der Waals surface area contributed by atoms with E-state index in [2.05, 4.69) is 9.97 Å². The van der Waals surface area contributed by atoms with Crippen LogP contribution in [-0.4, -0.2) is 28.0 Å². The van der Waals surface area contributed by atoms with Gasteiger partial charge in [0.15, 0.2) is 11.4 Å². The van der Waals surface area contributed by atoms with Crippen molar-refractivity contribution in [3.63, 3.8) is 0 Å². The van der Waals surface area contributed by atoms with Gasteiger partial charge in [0.2, 0.25) is 0 Å². The summed E-state index contributed by atoms with van der Waals surface area (Å²) in [6.07, 6.45) is 1.45. The zero-order valence-corrected chi connectivity index (χ0v) is 11.8. The van der Waals surface area contributed by atoms with E-state index in [0.717, 1.165) is 0 Å². The Morgan fingerprint density at radius 1 is 1.18 bits per heavy atom. The van der Waals surface area contributed by atoms with E-state index in [-0.39, 0.29) is 22.3 Å². The number of carbonyl (C=O) groups excluding carboxylic acids is 1. The highest BCUT2D eigenvalue weighted by molar-refractivity contribution is 6.08. The van der Waals surface area contributed by atoms with Gasteiger partial charge in [-0.15, -0.1) is 0 Å².